The second-order valence-corrected chi connectivity index (χ2v) is 4.83. The van der Waals surface area contributed by atoms with E-state index in [4.69, 9.17) is 0 Å². The van der Waals surface area contributed by atoms with Crippen LogP contribution in [-0.4, -0.2) is 15.9 Å². The molecule has 0 amide bonds. The summed E-state index contributed by atoms with van der Waals surface area (Å²) in [6.45, 7) is 2.17. The third-order valence-corrected chi connectivity index (χ3v) is 3.96. The third kappa shape index (κ3) is 1.59. The van der Waals surface area contributed by atoms with Gasteiger partial charge in [-0.05, 0) is 30.3 Å². The molecule has 14 heavy (non-hydrogen) atoms. The monoisotopic (exact) mass is 210 g/mol. The lowest BCUT2D eigenvalue weighted by Gasteiger charge is -2.26. The molecule has 1 aliphatic carbocycles. The average molecular weight is 210 g/mol. The topological polar surface area (TPSA) is 42.9 Å². The highest BCUT2D eigenvalue weighted by molar-refractivity contribution is 7.03. The molecule has 1 aromatic heterocycles. The van der Waals surface area contributed by atoms with Gasteiger partial charge < -0.3 is 4.79 Å². The Bertz CT molecular complexity index is 312. The van der Waals surface area contributed by atoms with E-state index in [0.717, 1.165) is 37.7 Å². The van der Waals surface area contributed by atoms with Gasteiger partial charge >= 0.3 is 0 Å². The van der Waals surface area contributed by atoms with Gasteiger partial charge in [0.2, 0.25) is 0 Å². The molecule has 1 aromatic rings. The summed E-state index contributed by atoms with van der Waals surface area (Å²) < 4.78 is 3.83. The largest absolute Gasteiger partial charge is 0.303 e. The number of aromatic nitrogens is 2. The molecule has 76 valence electrons. The number of hydrogen-bond donors (Lipinski definition) is 0. The zero-order valence-electron chi connectivity index (χ0n) is 8.27. The van der Waals surface area contributed by atoms with Crippen molar-refractivity contribution in [2.24, 2.45) is 11.3 Å². The van der Waals surface area contributed by atoms with E-state index in [9.17, 15) is 4.79 Å². The van der Waals surface area contributed by atoms with Gasteiger partial charge in [0.1, 0.15) is 6.29 Å². The van der Waals surface area contributed by atoms with Crippen LogP contribution in [0.15, 0.2) is 5.38 Å². The molecule has 1 heterocycles. The van der Waals surface area contributed by atoms with Crippen molar-refractivity contribution in [2.75, 3.05) is 0 Å². The van der Waals surface area contributed by atoms with Gasteiger partial charge in [-0.15, -0.1) is 5.10 Å². The summed E-state index contributed by atoms with van der Waals surface area (Å²) in [5, 5.41) is 5.96. The van der Waals surface area contributed by atoms with E-state index in [1.165, 1.54) is 11.5 Å². The minimum Gasteiger partial charge on any atom is -0.303 e. The van der Waals surface area contributed by atoms with Crippen molar-refractivity contribution in [3.8, 4) is 0 Å². The maximum Gasteiger partial charge on any atom is 0.126 e. The molecule has 0 radical (unpaired) electrons. The summed E-state index contributed by atoms with van der Waals surface area (Å²) in [7, 11) is 0. The van der Waals surface area contributed by atoms with Crippen LogP contribution in [0.4, 0.5) is 0 Å². The Morgan fingerprint density at radius 3 is 3.14 bits per heavy atom. The fourth-order valence-corrected chi connectivity index (χ4v) is 2.80. The molecule has 2 rings (SSSR count). The van der Waals surface area contributed by atoms with Crippen LogP contribution in [0, 0.1) is 11.3 Å². The van der Waals surface area contributed by atoms with Gasteiger partial charge in [-0.1, -0.05) is 17.8 Å². The van der Waals surface area contributed by atoms with Gasteiger partial charge in [0.25, 0.3) is 0 Å². The van der Waals surface area contributed by atoms with Gasteiger partial charge in [-0.25, -0.2) is 0 Å². The molecule has 3 nitrogen and oxygen atoms in total. The fraction of sp³-hybridized carbons (Fsp3) is 0.700. The SMILES string of the molecule is CC1CCCC1(C=O)Cc1csnn1. The number of rotatable bonds is 3. The first-order valence-corrected chi connectivity index (χ1v) is 5.83. The summed E-state index contributed by atoms with van der Waals surface area (Å²) in [6.07, 6.45) is 5.25. The first kappa shape index (κ1) is 9.77. The second kappa shape index (κ2) is 3.77. The van der Waals surface area contributed by atoms with Gasteiger partial charge in [-0.2, -0.15) is 0 Å². The van der Waals surface area contributed by atoms with E-state index in [2.05, 4.69) is 16.5 Å². The van der Waals surface area contributed by atoms with Crippen LogP contribution < -0.4 is 0 Å². The molecule has 0 aliphatic heterocycles. The van der Waals surface area contributed by atoms with E-state index >= 15 is 0 Å². The average Bonchev–Trinajstić information content (AvgIpc) is 2.79. The minimum atomic E-state index is -0.157. The molecular weight excluding hydrogens is 196 g/mol. The molecule has 0 N–H and O–H groups in total. The van der Waals surface area contributed by atoms with Crippen LogP contribution in [0.1, 0.15) is 31.9 Å². The molecule has 1 fully saturated rings. The maximum absolute atomic E-state index is 11.2. The highest BCUT2D eigenvalue weighted by Gasteiger charge is 2.40. The molecule has 4 heteroatoms. The van der Waals surface area contributed by atoms with Gasteiger partial charge in [0.05, 0.1) is 5.69 Å². The first-order valence-electron chi connectivity index (χ1n) is 4.99. The summed E-state index contributed by atoms with van der Waals surface area (Å²) in [6, 6.07) is 0. The Balaban J connectivity index is 2.17. The van der Waals surface area contributed by atoms with E-state index in [-0.39, 0.29) is 5.41 Å². The van der Waals surface area contributed by atoms with Crippen molar-refractivity contribution in [1.82, 2.24) is 9.59 Å². The molecule has 1 saturated carbocycles. The quantitative estimate of drug-likeness (QED) is 0.717. The van der Waals surface area contributed by atoms with Crippen molar-refractivity contribution >= 4 is 17.8 Å². The lowest BCUT2D eigenvalue weighted by Crippen LogP contribution is -2.28. The van der Waals surface area contributed by atoms with Crippen LogP contribution in [0.5, 0.6) is 0 Å². The summed E-state index contributed by atoms with van der Waals surface area (Å²) in [4.78, 5) is 11.2. The number of carbonyl (C=O) groups excluding carboxylic acids is 1. The number of nitrogens with zero attached hydrogens (tertiary/aromatic N) is 2. The lowest BCUT2D eigenvalue weighted by atomic mass is 9.77. The van der Waals surface area contributed by atoms with Crippen LogP contribution in [0.25, 0.3) is 0 Å². The predicted molar refractivity (Wildman–Crippen MR) is 55.1 cm³/mol. The Labute approximate surface area is 87.7 Å². The number of carbonyl (C=O) groups is 1. The summed E-state index contributed by atoms with van der Waals surface area (Å²) in [5.41, 5.74) is 0.811. The molecular formula is C10H14N2OS. The summed E-state index contributed by atoms with van der Waals surface area (Å²) in [5.74, 6) is 0.488. The van der Waals surface area contributed by atoms with Gasteiger partial charge in [-0.3, -0.25) is 0 Å². The van der Waals surface area contributed by atoms with Crippen molar-refractivity contribution in [1.29, 1.82) is 0 Å². The molecule has 0 spiro atoms. The number of hydrogen-bond acceptors (Lipinski definition) is 4. The van der Waals surface area contributed by atoms with Gasteiger partial charge in [0.15, 0.2) is 0 Å². The normalized spacial score (nSPS) is 31.9. The van der Waals surface area contributed by atoms with Crippen molar-refractivity contribution in [2.45, 2.75) is 32.6 Å². The predicted octanol–water partition coefficient (Wildman–Crippen LogP) is 2.09. The lowest BCUT2D eigenvalue weighted by molar-refractivity contribution is -0.117. The van der Waals surface area contributed by atoms with Crippen molar-refractivity contribution < 1.29 is 4.79 Å². The second-order valence-electron chi connectivity index (χ2n) is 4.22. The third-order valence-electron chi connectivity index (χ3n) is 3.41. The van der Waals surface area contributed by atoms with Crippen molar-refractivity contribution in [3.63, 3.8) is 0 Å². The summed E-state index contributed by atoms with van der Waals surface area (Å²) >= 11 is 1.36. The zero-order valence-corrected chi connectivity index (χ0v) is 9.09. The van der Waals surface area contributed by atoms with E-state index in [1.807, 2.05) is 5.38 Å². The van der Waals surface area contributed by atoms with Crippen LogP contribution in [-0.2, 0) is 11.2 Å². The van der Waals surface area contributed by atoms with Gasteiger partial charge in [0, 0.05) is 17.2 Å². The molecule has 2 atom stereocenters. The fourth-order valence-electron chi connectivity index (χ4n) is 2.35. The van der Waals surface area contributed by atoms with E-state index in [1.54, 1.807) is 0 Å². The van der Waals surface area contributed by atoms with E-state index in [0.29, 0.717) is 5.92 Å². The molecule has 0 saturated heterocycles. The maximum atomic E-state index is 11.2. The minimum absolute atomic E-state index is 0.157. The molecule has 1 aliphatic rings. The molecule has 0 bridgehead atoms. The molecule has 2 unspecified atom stereocenters. The van der Waals surface area contributed by atoms with Crippen LogP contribution in [0.3, 0.4) is 0 Å². The standard InChI is InChI=1S/C10H14N2OS/c1-8-3-2-4-10(8,7-13)5-9-6-14-12-11-9/h6-8H,2-5H2,1H3. The zero-order chi connectivity index (χ0) is 10.0. The number of aldehydes is 1. The Hall–Kier alpha value is -0.770. The van der Waals surface area contributed by atoms with E-state index < -0.39 is 0 Å². The van der Waals surface area contributed by atoms with Crippen LogP contribution >= 0.6 is 11.5 Å². The highest BCUT2D eigenvalue weighted by Crippen LogP contribution is 2.43. The van der Waals surface area contributed by atoms with Crippen LogP contribution in [0.2, 0.25) is 0 Å². The van der Waals surface area contributed by atoms with Crippen molar-refractivity contribution in [3.05, 3.63) is 11.1 Å². The Kier molecular flexibility index (Phi) is 2.63. The smallest absolute Gasteiger partial charge is 0.126 e. The Morgan fingerprint density at radius 2 is 2.64 bits per heavy atom. The highest BCUT2D eigenvalue weighted by atomic mass is 32.1. The molecule has 0 aromatic carbocycles. The Morgan fingerprint density at radius 1 is 1.79 bits per heavy atom. The first-order chi connectivity index (χ1) is 6.77.